The van der Waals surface area contributed by atoms with Crippen LogP contribution in [0.5, 0.6) is 0 Å². The number of carbonyl (C=O) groups excluding carboxylic acids is 1. The SMILES string of the molecule is COC(=O)c1cccc(S(=O)(=O)Nc2cccc(-c3nnc4n3CCCCC4)c2)c1. The molecule has 0 bridgehead atoms. The molecule has 0 fully saturated rings. The number of hydrogen-bond acceptors (Lipinski definition) is 6. The number of sulfonamides is 1. The highest BCUT2D eigenvalue weighted by Crippen LogP contribution is 2.26. The van der Waals surface area contributed by atoms with Crippen molar-refractivity contribution < 1.29 is 17.9 Å². The number of aromatic nitrogens is 3. The molecular weight excluding hydrogens is 404 g/mol. The van der Waals surface area contributed by atoms with Crippen LogP contribution in [0.2, 0.25) is 0 Å². The predicted octanol–water partition coefficient (Wildman–Crippen LogP) is 3.26. The van der Waals surface area contributed by atoms with Crippen LogP contribution < -0.4 is 4.72 Å². The summed E-state index contributed by atoms with van der Waals surface area (Å²) in [5, 5.41) is 8.64. The molecule has 0 saturated carbocycles. The van der Waals surface area contributed by atoms with E-state index in [2.05, 4.69) is 24.2 Å². The largest absolute Gasteiger partial charge is 0.465 e. The highest BCUT2D eigenvalue weighted by molar-refractivity contribution is 7.92. The summed E-state index contributed by atoms with van der Waals surface area (Å²) in [6.07, 6.45) is 4.23. The normalized spacial score (nSPS) is 13.9. The van der Waals surface area contributed by atoms with E-state index >= 15 is 0 Å². The molecule has 0 aliphatic carbocycles. The lowest BCUT2D eigenvalue weighted by atomic mass is 10.2. The molecule has 0 spiro atoms. The summed E-state index contributed by atoms with van der Waals surface area (Å²) in [6.45, 7) is 0.855. The van der Waals surface area contributed by atoms with E-state index in [1.807, 2.05) is 6.07 Å². The molecule has 2 heterocycles. The Kier molecular flexibility index (Phi) is 5.54. The fourth-order valence-corrected chi connectivity index (χ4v) is 4.64. The zero-order chi connectivity index (χ0) is 21.1. The maximum Gasteiger partial charge on any atom is 0.337 e. The van der Waals surface area contributed by atoms with E-state index in [0.29, 0.717) is 5.69 Å². The summed E-state index contributed by atoms with van der Waals surface area (Å²) >= 11 is 0. The van der Waals surface area contributed by atoms with E-state index in [4.69, 9.17) is 0 Å². The van der Waals surface area contributed by atoms with Crippen molar-refractivity contribution in [2.45, 2.75) is 37.1 Å². The molecule has 9 heteroatoms. The summed E-state index contributed by atoms with van der Waals surface area (Å²) in [5.41, 5.74) is 1.36. The van der Waals surface area contributed by atoms with Crippen molar-refractivity contribution in [2.75, 3.05) is 11.8 Å². The van der Waals surface area contributed by atoms with Gasteiger partial charge < -0.3 is 9.30 Å². The van der Waals surface area contributed by atoms with Gasteiger partial charge in [-0.2, -0.15) is 0 Å². The molecule has 2 aromatic carbocycles. The second-order valence-corrected chi connectivity index (χ2v) is 8.79. The first kappa shape index (κ1) is 20.1. The van der Waals surface area contributed by atoms with Crippen molar-refractivity contribution in [2.24, 2.45) is 0 Å². The van der Waals surface area contributed by atoms with Crippen molar-refractivity contribution in [1.82, 2.24) is 14.8 Å². The smallest absolute Gasteiger partial charge is 0.337 e. The molecule has 1 aliphatic rings. The van der Waals surface area contributed by atoms with Crippen LogP contribution in [0.25, 0.3) is 11.4 Å². The number of esters is 1. The van der Waals surface area contributed by atoms with Gasteiger partial charge in [0, 0.05) is 24.2 Å². The number of carbonyl (C=O) groups is 1. The topological polar surface area (TPSA) is 103 Å². The lowest BCUT2D eigenvalue weighted by Crippen LogP contribution is -2.14. The Morgan fingerprint density at radius 2 is 1.90 bits per heavy atom. The third kappa shape index (κ3) is 4.06. The fourth-order valence-electron chi connectivity index (χ4n) is 3.54. The van der Waals surface area contributed by atoms with Crippen molar-refractivity contribution >= 4 is 21.7 Å². The summed E-state index contributed by atoms with van der Waals surface area (Å²) in [6, 6.07) is 12.8. The lowest BCUT2D eigenvalue weighted by molar-refractivity contribution is 0.0600. The third-order valence-electron chi connectivity index (χ3n) is 5.05. The molecule has 4 rings (SSSR count). The number of aryl methyl sites for hydroxylation is 1. The van der Waals surface area contributed by atoms with Crippen molar-refractivity contribution in [3.63, 3.8) is 0 Å². The lowest BCUT2D eigenvalue weighted by Gasteiger charge is -2.11. The molecule has 1 aromatic heterocycles. The summed E-state index contributed by atoms with van der Waals surface area (Å²) < 4.78 is 35.0. The molecule has 8 nitrogen and oxygen atoms in total. The Balaban J connectivity index is 1.62. The van der Waals surface area contributed by atoms with Gasteiger partial charge >= 0.3 is 5.97 Å². The van der Waals surface area contributed by atoms with Gasteiger partial charge in [0.05, 0.1) is 17.6 Å². The van der Waals surface area contributed by atoms with Crippen LogP contribution in [-0.2, 0) is 27.7 Å². The van der Waals surface area contributed by atoms with Gasteiger partial charge in [-0.25, -0.2) is 13.2 Å². The molecule has 1 aliphatic heterocycles. The Labute approximate surface area is 175 Å². The summed E-state index contributed by atoms with van der Waals surface area (Å²) in [5.74, 6) is 1.11. The number of anilines is 1. The number of rotatable bonds is 5. The van der Waals surface area contributed by atoms with Crippen LogP contribution in [-0.4, -0.2) is 36.3 Å². The molecule has 30 heavy (non-hydrogen) atoms. The van der Waals surface area contributed by atoms with Crippen LogP contribution in [0.1, 0.15) is 35.4 Å². The highest BCUT2D eigenvalue weighted by atomic mass is 32.2. The van der Waals surface area contributed by atoms with Crippen LogP contribution in [0.4, 0.5) is 5.69 Å². The number of hydrogen-bond donors (Lipinski definition) is 1. The number of nitrogens with zero attached hydrogens (tertiary/aromatic N) is 3. The molecule has 0 radical (unpaired) electrons. The van der Waals surface area contributed by atoms with E-state index in [0.717, 1.165) is 49.4 Å². The zero-order valence-electron chi connectivity index (χ0n) is 16.5. The van der Waals surface area contributed by atoms with Gasteiger partial charge in [0.2, 0.25) is 0 Å². The molecule has 156 valence electrons. The number of nitrogens with one attached hydrogen (secondary N) is 1. The Morgan fingerprint density at radius 1 is 1.07 bits per heavy atom. The van der Waals surface area contributed by atoms with Crippen LogP contribution in [0.15, 0.2) is 53.4 Å². The fraction of sp³-hybridized carbons (Fsp3) is 0.286. The first-order valence-electron chi connectivity index (χ1n) is 9.72. The van der Waals surface area contributed by atoms with Crippen LogP contribution in [0, 0.1) is 0 Å². The van der Waals surface area contributed by atoms with Gasteiger partial charge in [0.1, 0.15) is 5.82 Å². The van der Waals surface area contributed by atoms with Crippen LogP contribution in [0.3, 0.4) is 0 Å². The molecular formula is C21H22N4O4S. The minimum absolute atomic E-state index is 0.0212. The van der Waals surface area contributed by atoms with Gasteiger partial charge in [0.25, 0.3) is 10.0 Å². The second-order valence-electron chi connectivity index (χ2n) is 7.11. The molecule has 0 unspecified atom stereocenters. The van der Waals surface area contributed by atoms with E-state index < -0.39 is 16.0 Å². The Hall–Kier alpha value is -3.20. The Bertz CT molecular complexity index is 1190. The number of benzene rings is 2. The molecule has 0 amide bonds. The third-order valence-corrected chi connectivity index (χ3v) is 6.43. The summed E-state index contributed by atoms with van der Waals surface area (Å²) in [4.78, 5) is 11.7. The highest BCUT2D eigenvalue weighted by Gasteiger charge is 2.19. The van der Waals surface area contributed by atoms with Gasteiger partial charge in [-0.1, -0.05) is 24.6 Å². The van der Waals surface area contributed by atoms with Gasteiger partial charge in [-0.15, -0.1) is 10.2 Å². The Morgan fingerprint density at radius 3 is 2.73 bits per heavy atom. The number of methoxy groups -OCH3 is 1. The van der Waals surface area contributed by atoms with E-state index in [1.165, 1.54) is 31.4 Å². The molecule has 0 saturated heterocycles. The average molecular weight is 426 g/mol. The quantitative estimate of drug-likeness (QED) is 0.628. The molecule has 1 N–H and O–H groups in total. The zero-order valence-corrected chi connectivity index (χ0v) is 17.4. The number of ether oxygens (including phenoxy) is 1. The van der Waals surface area contributed by atoms with Crippen molar-refractivity contribution in [3.8, 4) is 11.4 Å². The van der Waals surface area contributed by atoms with E-state index in [9.17, 15) is 13.2 Å². The van der Waals surface area contributed by atoms with Crippen LogP contribution >= 0.6 is 0 Å². The van der Waals surface area contributed by atoms with E-state index in [-0.39, 0.29) is 10.5 Å². The number of fused-ring (bicyclic) bond motifs is 1. The molecule has 3 aromatic rings. The maximum atomic E-state index is 12.8. The van der Waals surface area contributed by atoms with Gasteiger partial charge in [0.15, 0.2) is 5.82 Å². The molecule has 0 atom stereocenters. The second kappa shape index (κ2) is 8.27. The first-order valence-corrected chi connectivity index (χ1v) is 11.2. The van der Waals surface area contributed by atoms with Crippen molar-refractivity contribution in [3.05, 3.63) is 59.9 Å². The van der Waals surface area contributed by atoms with Crippen molar-refractivity contribution in [1.29, 1.82) is 0 Å². The van der Waals surface area contributed by atoms with E-state index in [1.54, 1.807) is 18.2 Å². The van der Waals surface area contributed by atoms with Gasteiger partial charge in [-0.05, 0) is 43.2 Å². The standard InChI is InChI=1S/C21H22N4O4S/c1-29-21(26)16-8-6-10-18(14-16)30(27,28)24-17-9-5-7-15(13-17)20-23-22-19-11-3-2-4-12-25(19)20/h5-10,13-14,24H,2-4,11-12H2,1H3. The maximum absolute atomic E-state index is 12.8. The van der Waals surface area contributed by atoms with Gasteiger partial charge in [-0.3, -0.25) is 4.72 Å². The predicted molar refractivity (Wildman–Crippen MR) is 112 cm³/mol. The monoisotopic (exact) mass is 426 g/mol. The minimum Gasteiger partial charge on any atom is -0.465 e. The first-order chi connectivity index (χ1) is 14.5. The minimum atomic E-state index is -3.89. The average Bonchev–Trinajstić information content (AvgIpc) is 3.01. The summed E-state index contributed by atoms with van der Waals surface area (Å²) in [7, 11) is -2.64.